The van der Waals surface area contributed by atoms with Crippen molar-refractivity contribution in [3.05, 3.63) is 0 Å². The number of rotatable bonds is 1. The van der Waals surface area contributed by atoms with Crippen molar-refractivity contribution in [1.82, 2.24) is 0 Å². The Bertz CT molecular complexity index is 243. The van der Waals surface area contributed by atoms with Gasteiger partial charge in [-0.05, 0) is 24.4 Å². The number of hydrogen-bond acceptors (Lipinski definition) is 3. The highest BCUT2D eigenvalue weighted by Crippen LogP contribution is 2.20. The zero-order valence-corrected chi connectivity index (χ0v) is 7.49. The Morgan fingerprint density at radius 3 is 2.09 bits per heavy atom. The zero-order valence-electron chi connectivity index (χ0n) is 5.92. The fourth-order valence-corrected chi connectivity index (χ4v) is 2.83. The van der Waals surface area contributed by atoms with Crippen molar-refractivity contribution in [2.24, 2.45) is 5.92 Å². The van der Waals surface area contributed by atoms with Gasteiger partial charge in [-0.1, -0.05) is 0 Å². The Morgan fingerprint density at radius 1 is 1.27 bits per heavy atom. The predicted molar refractivity (Wildman–Crippen MR) is 42.2 cm³/mol. The molecule has 0 saturated carbocycles. The highest BCUT2D eigenvalue weighted by molar-refractivity contribution is 7.91. The van der Waals surface area contributed by atoms with Crippen LogP contribution in [0.4, 0.5) is 0 Å². The summed E-state index contributed by atoms with van der Waals surface area (Å²) in [6.07, 6.45) is 0.787. The molecule has 1 aliphatic rings. The first kappa shape index (κ1) is 9.00. The lowest BCUT2D eigenvalue weighted by molar-refractivity contribution is -0.115. The molecule has 5 heteroatoms. The SMILES string of the molecule is O=C(Cl)C1CCS(=O)(=O)CC1. The molecule has 0 spiro atoms. The third-order valence-electron chi connectivity index (χ3n) is 1.88. The van der Waals surface area contributed by atoms with Crippen LogP contribution in [0, 0.1) is 5.92 Å². The highest BCUT2D eigenvalue weighted by atomic mass is 35.5. The van der Waals surface area contributed by atoms with Crippen molar-refractivity contribution in [3.8, 4) is 0 Å². The molecule has 0 N–H and O–H groups in total. The second kappa shape index (κ2) is 3.11. The number of hydrogen-bond donors (Lipinski definition) is 0. The van der Waals surface area contributed by atoms with E-state index in [1.54, 1.807) is 0 Å². The minimum absolute atomic E-state index is 0.107. The minimum Gasteiger partial charge on any atom is -0.281 e. The third kappa shape index (κ3) is 2.45. The van der Waals surface area contributed by atoms with E-state index in [0.717, 1.165) is 0 Å². The Balaban J connectivity index is 2.56. The fraction of sp³-hybridized carbons (Fsp3) is 0.833. The van der Waals surface area contributed by atoms with E-state index in [9.17, 15) is 13.2 Å². The van der Waals surface area contributed by atoms with Crippen molar-refractivity contribution in [1.29, 1.82) is 0 Å². The number of sulfone groups is 1. The van der Waals surface area contributed by atoms with Crippen LogP contribution in [-0.4, -0.2) is 25.2 Å². The molecule has 0 radical (unpaired) electrons. The lowest BCUT2D eigenvalue weighted by Crippen LogP contribution is -2.26. The average Bonchev–Trinajstić information content (AvgIpc) is 1.86. The molecule has 0 aliphatic carbocycles. The summed E-state index contributed by atoms with van der Waals surface area (Å²) in [5, 5.41) is -0.403. The van der Waals surface area contributed by atoms with Gasteiger partial charge in [-0.2, -0.15) is 0 Å². The van der Waals surface area contributed by atoms with Crippen LogP contribution >= 0.6 is 11.6 Å². The molecule has 11 heavy (non-hydrogen) atoms. The molecular weight excluding hydrogens is 188 g/mol. The van der Waals surface area contributed by atoms with Crippen LogP contribution in [0.2, 0.25) is 0 Å². The molecule has 0 amide bonds. The van der Waals surface area contributed by atoms with E-state index in [1.807, 2.05) is 0 Å². The summed E-state index contributed by atoms with van der Waals surface area (Å²) in [5.41, 5.74) is 0. The van der Waals surface area contributed by atoms with Gasteiger partial charge in [-0.15, -0.1) is 0 Å². The Morgan fingerprint density at radius 2 is 1.73 bits per heavy atom. The van der Waals surface area contributed by atoms with Gasteiger partial charge in [0, 0.05) is 5.92 Å². The van der Waals surface area contributed by atoms with Gasteiger partial charge in [0.15, 0.2) is 0 Å². The van der Waals surface area contributed by atoms with E-state index in [-0.39, 0.29) is 17.4 Å². The molecule has 0 aromatic heterocycles. The van der Waals surface area contributed by atoms with Gasteiger partial charge in [-0.3, -0.25) is 4.79 Å². The quantitative estimate of drug-likeness (QED) is 0.577. The van der Waals surface area contributed by atoms with Gasteiger partial charge in [-0.25, -0.2) is 8.42 Å². The molecule has 0 bridgehead atoms. The molecule has 0 aromatic carbocycles. The number of carbonyl (C=O) groups is 1. The molecule has 0 atom stereocenters. The van der Waals surface area contributed by atoms with Gasteiger partial charge in [0.05, 0.1) is 11.5 Å². The topological polar surface area (TPSA) is 51.2 Å². The third-order valence-corrected chi connectivity index (χ3v) is 3.90. The number of halogens is 1. The summed E-state index contributed by atoms with van der Waals surface area (Å²) in [5.74, 6) is -0.0214. The summed E-state index contributed by atoms with van der Waals surface area (Å²) in [6, 6.07) is 0. The molecule has 0 unspecified atom stereocenters. The maximum atomic E-state index is 10.9. The molecule has 1 heterocycles. The normalized spacial score (nSPS) is 24.8. The van der Waals surface area contributed by atoms with E-state index in [4.69, 9.17) is 11.6 Å². The molecule has 0 aromatic rings. The van der Waals surface area contributed by atoms with Gasteiger partial charge in [0.2, 0.25) is 5.24 Å². The van der Waals surface area contributed by atoms with Crippen LogP contribution in [0.3, 0.4) is 0 Å². The zero-order chi connectivity index (χ0) is 8.48. The summed E-state index contributed by atoms with van der Waals surface area (Å²) >= 11 is 5.22. The van der Waals surface area contributed by atoms with Crippen LogP contribution in [0.5, 0.6) is 0 Å². The molecule has 64 valence electrons. The lowest BCUT2D eigenvalue weighted by atomic mass is 10.1. The Labute approximate surface area is 70.6 Å². The van der Waals surface area contributed by atoms with Gasteiger partial charge < -0.3 is 0 Å². The molecule has 1 fully saturated rings. The van der Waals surface area contributed by atoms with Crippen molar-refractivity contribution in [2.75, 3.05) is 11.5 Å². The molecule has 3 nitrogen and oxygen atoms in total. The van der Waals surface area contributed by atoms with E-state index >= 15 is 0 Å². The number of carbonyl (C=O) groups excluding carboxylic acids is 1. The lowest BCUT2D eigenvalue weighted by Gasteiger charge is -2.17. The van der Waals surface area contributed by atoms with Crippen LogP contribution in [-0.2, 0) is 14.6 Å². The van der Waals surface area contributed by atoms with Crippen LogP contribution < -0.4 is 0 Å². The van der Waals surface area contributed by atoms with E-state index < -0.39 is 15.1 Å². The Hall–Kier alpha value is -0.0900. The molecular formula is C6H9ClO3S. The van der Waals surface area contributed by atoms with Crippen LogP contribution in [0.15, 0.2) is 0 Å². The maximum Gasteiger partial charge on any atom is 0.224 e. The van der Waals surface area contributed by atoms with Crippen molar-refractivity contribution < 1.29 is 13.2 Å². The van der Waals surface area contributed by atoms with Gasteiger partial charge >= 0.3 is 0 Å². The summed E-state index contributed by atoms with van der Waals surface area (Å²) in [4.78, 5) is 10.6. The van der Waals surface area contributed by atoms with Crippen molar-refractivity contribution in [2.45, 2.75) is 12.8 Å². The monoisotopic (exact) mass is 196 g/mol. The second-order valence-corrected chi connectivity index (χ2v) is 5.41. The van der Waals surface area contributed by atoms with E-state index in [1.165, 1.54) is 0 Å². The summed E-state index contributed by atoms with van der Waals surface area (Å²) in [6.45, 7) is 0. The maximum absolute atomic E-state index is 10.9. The summed E-state index contributed by atoms with van der Waals surface area (Å²) < 4.78 is 21.7. The van der Waals surface area contributed by atoms with Crippen molar-refractivity contribution in [3.63, 3.8) is 0 Å². The van der Waals surface area contributed by atoms with Crippen LogP contribution in [0.1, 0.15) is 12.8 Å². The van der Waals surface area contributed by atoms with Crippen LogP contribution in [0.25, 0.3) is 0 Å². The standard InChI is InChI=1S/C6H9ClO3S/c7-6(8)5-1-3-11(9,10)4-2-5/h5H,1-4H2. The molecule has 1 rings (SSSR count). The smallest absolute Gasteiger partial charge is 0.224 e. The Kier molecular flexibility index (Phi) is 2.54. The molecule has 1 saturated heterocycles. The second-order valence-electron chi connectivity index (χ2n) is 2.73. The first-order valence-electron chi connectivity index (χ1n) is 3.41. The van der Waals surface area contributed by atoms with E-state index in [0.29, 0.717) is 12.8 Å². The minimum atomic E-state index is -2.86. The molecule has 1 aliphatic heterocycles. The first-order valence-corrected chi connectivity index (χ1v) is 5.61. The van der Waals surface area contributed by atoms with Gasteiger partial charge in [0.25, 0.3) is 0 Å². The predicted octanol–water partition coefficient (Wildman–Crippen LogP) is 0.577. The highest BCUT2D eigenvalue weighted by Gasteiger charge is 2.27. The fourth-order valence-electron chi connectivity index (χ4n) is 1.12. The first-order chi connectivity index (χ1) is 5.01. The van der Waals surface area contributed by atoms with E-state index in [2.05, 4.69) is 0 Å². The van der Waals surface area contributed by atoms with Crippen molar-refractivity contribution >= 4 is 26.7 Å². The van der Waals surface area contributed by atoms with Gasteiger partial charge in [0.1, 0.15) is 9.84 Å². The largest absolute Gasteiger partial charge is 0.281 e. The average molecular weight is 197 g/mol. The summed E-state index contributed by atoms with van der Waals surface area (Å²) in [7, 11) is -2.86.